The molecule has 3 rings (SSSR count). The number of rotatable bonds is 3. The molecular weight excluding hydrogens is 250 g/mol. The highest BCUT2D eigenvalue weighted by Gasteiger charge is 2.65. The van der Waals surface area contributed by atoms with Gasteiger partial charge < -0.3 is 4.74 Å². The van der Waals surface area contributed by atoms with Gasteiger partial charge in [-0.2, -0.15) is 5.10 Å². The van der Waals surface area contributed by atoms with Gasteiger partial charge in [-0.05, 0) is 31.5 Å². The van der Waals surface area contributed by atoms with Crippen LogP contribution >= 0.6 is 11.6 Å². The van der Waals surface area contributed by atoms with Crippen molar-refractivity contribution in [2.75, 3.05) is 0 Å². The highest BCUT2D eigenvalue weighted by molar-refractivity contribution is 6.30. The Hall–Kier alpha value is -1.39. The lowest BCUT2D eigenvalue weighted by Crippen LogP contribution is -2.25. The zero-order valence-electron chi connectivity index (χ0n) is 10.3. The molecule has 5 heteroatoms. The zero-order valence-corrected chi connectivity index (χ0v) is 11.1. The second kappa shape index (κ2) is 3.80. The van der Waals surface area contributed by atoms with Crippen molar-refractivity contribution in [3.05, 3.63) is 47.5 Å². The Morgan fingerprint density at radius 2 is 2.17 bits per heavy atom. The minimum absolute atomic E-state index is 0.219. The number of hydrogen-bond acceptors (Lipinski definition) is 3. The molecule has 0 N–H and O–H groups in total. The number of hydrogen-bond donors (Lipinski definition) is 0. The Kier molecular flexibility index (Phi) is 2.47. The smallest absolute Gasteiger partial charge is 0.142 e. The molecule has 0 aliphatic carbocycles. The molecule has 0 spiro atoms. The van der Waals surface area contributed by atoms with Crippen LogP contribution in [-0.2, 0) is 16.9 Å². The maximum atomic E-state index is 6.06. The van der Waals surface area contributed by atoms with Crippen LogP contribution in [0.3, 0.4) is 0 Å². The highest BCUT2D eigenvalue weighted by atomic mass is 35.5. The number of aromatic nitrogens is 3. The van der Waals surface area contributed by atoms with Gasteiger partial charge in [-0.1, -0.05) is 23.7 Å². The molecule has 1 aromatic heterocycles. The van der Waals surface area contributed by atoms with Gasteiger partial charge in [0.15, 0.2) is 0 Å². The van der Waals surface area contributed by atoms with Gasteiger partial charge in [-0.15, -0.1) is 0 Å². The molecule has 1 aliphatic rings. The summed E-state index contributed by atoms with van der Waals surface area (Å²) in [6.07, 6.45) is 3.23. The Morgan fingerprint density at radius 1 is 1.39 bits per heavy atom. The van der Waals surface area contributed by atoms with Crippen LogP contribution in [0.15, 0.2) is 36.9 Å². The first-order chi connectivity index (χ1) is 8.53. The molecule has 1 fully saturated rings. The molecule has 0 radical (unpaired) electrons. The lowest BCUT2D eigenvalue weighted by molar-refractivity contribution is 0.251. The molecule has 2 aromatic rings. The third kappa shape index (κ3) is 1.72. The summed E-state index contributed by atoms with van der Waals surface area (Å²) in [5.41, 5.74) is 0.491. The van der Waals surface area contributed by atoms with E-state index < -0.39 is 0 Å². The topological polar surface area (TPSA) is 43.2 Å². The molecular formula is C13H14ClN3O. The number of halogens is 1. The Morgan fingerprint density at radius 3 is 2.72 bits per heavy atom. The fourth-order valence-corrected chi connectivity index (χ4v) is 2.60. The van der Waals surface area contributed by atoms with E-state index in [0.29, 0.717) is 6.54 Å². The summed E-state index contributed by atoms with van der Waals surface area (Å²) in [5.74, 6) is 0. The van der Waals surface area contributed by atoms with Crippen LogP contribution in [-0.4, -0.2) is 20.4 Å². The van der Waals surface area contributed by atoms with Crippen LogP contribution in [0.2, 0.25) is 5.02 Å². The predicted octanol–water partition coefficient (Wildman–Crippen LogP) is 2.64. The standard InChI is InChI=1S/C13H14ClN3O/c1-12(2)13(18-12,7-17-9-15-8-16-17)10-4-3-5-11(14)6-10/h3-6,8-9H,7H2,1-2H3. The Labute approximate surface area is 111 Å². The molecule has 1 atom stereocenters. The van der Waals surface area contributed by atoms with Crippen LogP contribution in [0.1, 0.15) is 19.4 Å². The van der Waals surface area contributed by atoms with Gasteiger partial charge >= 0.3 is 0 Å². The van der Waals surface area contributed by atoms with Crippen molar-refractivity contribution < 1.29 is 4.74 Å². The van der Waals surface area contributed by atoms with Crippen LogP contribution < -0.4 is 0 Å². The number of ether oxygens (including phenoxy) is 1. The van der Waals surface area contributed by atoms with Crippen molar-refractivity contribution in [3.8, 4) is 0 Å². The summed E-state index contributed by atoms with van der Waals surface area (Å²) in [7, 11) is 0. The van der Waals surface area contributed by atoms with E-state index >= 15 is 0 Å². The molecule has 2 heterocycles. The van der Waals surface area contributed by atoms with E-state index in [-0.39, 0.29) is 11.2 Å². The summed E-state index contributed by atoms with van der Waals surface area (Å²) < 4.78 is 7.75. The van der Waals surface area contributed by atoms with Gasteiger partial charge in [0.05, 0.1) is 12.1 Å². The summed E-state index contributed by atoms with van der Waals surface area (Å²) in [6.45, 7) is 4.79. The molecule has 1 aliphatic heterocycles. The Balaban J connectivity index is 1.99. The summed E-state index contributed by atoms with van der Waals surface area (Å²) in [5, 5.41) is 4.87. The van der Waals surface area contributed by atoms with Crippen molar-refractivity contribution in [2.24, 2.45) is 0 Å². The summed E-state index contributed by atoms with van der Waals surface area (Å²) >= 11 is 6.06. The molecule has 1 saturated heterocycles. The first-order valence-corrected chi connectivity index (χ1v) is 6.20. The van der Waals surface area contributed by atoms with E-state index in [0.717, 1.165) is 10.6 Å². The van der Waals surface area contributed by atoms with Crippen molar-refractivity contribution in [3.63, 3.8) is 0 Å². The molecule has 1 unspecified atom stereocenters. The van der Waals surface area contributed by atoms with Gasteiger partial charge in [-0.3, -0.25) is 0 Å². The minimum atomic E-state index is -0.369. The predicted molar refractivity (Wildman–Crippen MR) is 68.3 cm³/mol. The SMILES string of the molecule is CC1(C)OC1(Cn1cncn1)c1cccc(Cl)c1. The molecule has 4 nitrogen and oxygen atoms in total. The first kappa shape index (κ1) is 11.7. The number of nitrogens with zero attached hydrogens (tertiary/aromatic N) is 3. The van der Waals surface area contributed by atoms with E-state index in [1.165, 1.54) is 6.33 Å². The van der Waals surface area contributed by atoms with Crippen LogP contribution in [0.4, 0.5) is 0 Å². The van der Waals surface area contributed by atoms with Gasteiger partial charge in [-0.25, -0.2) is 9.67 Å². The van der Waals surface area contributed by atoms with Crippen LogP contribution in [0, 0.1) is 0 Å². The van der Waals surface area contributed by atoms with E-state index in [9.17, 15) is 0 Å². The third-order valence-corrected chi connectivity index (χ3v) is 3.74. The largest absolute Gasteiger partial charge is 0.356 e. The Bertz CT molecular complexity index is 567. The fourth-order valence-electron chi connectivity index (χ4n) is 2.41. The van der Waals surface area contributed by atoms with Crippen molar-refractivity contribution in [1.82, 2.24) is 14.8 Å². The molecule has 0 amide bonds. The van der Waals surface area contributed by atoms with Crippen LogP contribution in [0.5, 0.6) is 0 Å². The lowest BCUT2D eigenvalue weighted by Gasteiger charge is -2.15. The minimum Gasteiger partial charge on any atom is -0.356 e. The summed E-state index contributed by atoms with van der Waals surface area (Å²) in [6, 6.07) is 7.80. The lowest BCUT2D eigenvalue weighted by atomic mass is 9.88. The maximum absolute atomic E-state index is 6.06. The average Bonchev–Trinajstić information content (AvgIpc) is 2.69. The van der Waals surface area contributed by atoms with Gasteiger partial charge in [0.1, 0.15) is 18.3 Å². The van der Waals surface area contributed by atoms with Crippen molar-refractivity contribution in [1.29, 1.82) is 0 Å². The second-order valence-corrected chi connectivity index (χ2v) is 5.48. The fraction of sp³-hybridized carbons (Fsp3) is 0.385. The van der Waals surface area contributed by atoms with Crippen molar-refractivity contribution >= 4 is 11.6 Å². The van der Waals surface area contributed by atoms with E-state index in [1.807, 2.05) is 24.3 Å². The number of benzene rings is 1. The average molecular weight is 264 g/mol. The first-order valence-electron chi connectivity index (χ1n) is 5.82. The molecule has 1 aromatic carbocycles. The number of epoxide rings is 1. The van der Waals surface area contributed by atoms with E-state index in [2.05, 4.69) is 23.9 Å². The van der Waals surface area contributed by atoms with Gasteiger partial charge in [0.2, 0.25) is 0 Å². The zero-order chi connectivity index (χ0) is 12.8. The summed E-state index contributed by atoms with van der Waals surface area (Å²) in [4.78, 5) is 3.96. The quantitative estimate of drug-likeness (QED) is 0.800. The van der Waals surface area contributed by atoms with Gasteiger partial charge in [0, 0.05) is 5.02 Å². The maximum Gasteiger partial charge on any atom is 0.142 e. The molecule has 0 bridgehead atoms. The van der Waals surface area contributed by atoms with E-state index in [4.69, 9.17) is 16.3 Å². The normalized spacial score (nSPS) is 25.1. The highest BCUT2D eigenvalue weighted by Crippen LogP contribution is 2.56. The molecule has 94 valence electrons. The van der Waals surface area contributed by atoms with E-state index in [1.54, 1.807) is 11.0 Å². The monoisotopic (exact) mass is 263 g/mol. The van der Waals surface area contributed by atoms with Crippen LogP contribution in [0.25, 0.3) is 0 Å². The second-order valence-electron chi connectivity index (χ2n) is 5.04. The molecule has 0 saturated carbocycles. The molecule has 18 heavy (non-hydrogen) atoms. The van der Waals surface area contributed by atoms with Gasteiger partial charge in [0.25, 0.3) is 0 Å². The third-order valence-electron chi connectivity index (χ3n) is 3.50. The van der Waals surface area contributed by atoms with Crippen molar-refractivity contribution in [2.45, 2.75) is 31.6 Å².